The molecular weight excluding hydrogens is 293 g/mol. The molecule has 3 rings (SSSR count). The minimum atomic E-state index is -4.86. The maximum absolute atomic E-state index is 12.4. The van der Waals surface area contributed by atoms with E-state index in [9.17, 15) is 18.0 Å². The zero-order valence-electron chi connectivity index (χ0n) is 12.2. The summed E-state index contributed by atoms with van der Waals surface area (Å²) in [5, 5.41) is 1.94. The number of halogens is 3. The Hall–Kier alpha value is -1.72. The van der Waals surface area contributed by atoms with Gasteiger partial charge in [0.05, 0.1) is 0 Å². The van der Waals surface area contributed by atoms with Crippen molar-refractivity contribution in [3.63, 3.8) is 0 Å². The molecule has 1 aliphatic heterocycles. The van der Waals surface area contributed by atoms with Gasteiger partial charge in [-0.25, -0.2) is 0 Å². The predicted molar refractivity (Wildman–Crippen MR) is 79.0 cm³/mol. The van der Waals surface area contributed by atoms with Gasteiger partial charge in [-0.15, -0.1) is 0 Å². The first kappa shape index (κ1) is 15.2. The lowest BCUT2D eigenvalue weighted by atomic mass is 9.94. The molecule has 1 N–H and O–H groups in total. The summed E-state index contributed by atoms with van der Waals surface area (Å²) in [5.41, 5.74) is 2.34. The van der Waals surface area contributed by atoms with Gasteiger partial charge in [0.25, 0.3) is 0 Å². The molecule has 0 bridgehead atoms. The molecule has 1 fully saturated rings. The Morgan fingerprint density at radius 2 is 1.91 bits per heavy atom. The maximum atomic E-state index is 12.4. The lowest BCUT2D eigenvalue weighted by Crippen LogP contribution is -2.35. The van der Waals surface area contributed by atoms with Crippen LogP contribution in [0.4, 0.5) is 24.5 Å². The summed E-state index contributed by atoms with van der Waals surface area (Å²) < 4.78 is 37.1. The predicted octanol–water partition coefficient (Wildman–Crippen LogP) is 3.88. The highest BCUT2D eigenvalue weighted by Crippen LogP contribution is 2.36. The lowest BCUT2D eigenvalue weighted by Gasteiger charge is -2.33. The second kappa shape index (κ2) is 5.82. The van der Waals surface area contributed by atoms with Crippen molar-refractivity contribution in [2.24, 2.45) is 0 Å². The van der Waals surface area contributed by atoms with Crippen LogP contribution < -0.4 is 10.2 Å². The summed E-state index contributed by atoms with van der Waals surface area (Å²) in [4.78, 5) is 13.4. The van der Waals surface area contributed by atoms with E-state index in [0.29, 0.717) is 6.04 Å². The van der Waals surface area contributed by atoms with Gasteiger partial charge < -0.3 is 10.2 Å². The number of carbonyl (C=O) groups is 1. The SMILES string of the molecule is O=C(Nc1ccc2c(c1)N(C1CCCCC1)CC2)C(F)(F)F. The Kier molecular flexibility index (Phi) is 4.02. The number of nitrogens with one attached hydrogen (secondary N) is 1. The first-order valence-electron chi connectivity index (χ1n) is 7.73. The average Bonchev–Trinajstić information content (AvgIpc) is 2.90. The minimum absolute atomic E-state index is 0.212. The Balaban J connectivity index is 1.78. The molecule has 0 aromatic heterocycles. The summed E-state index contributed by atoms with van der Waals surface area (Å²) >= 11 is 0. The number of alkyl halides is 3. The number of benzene rings is 1. The van der Waals surface area contributed by atoms with Crippen LogP contribution in [0.25, 0.3) is 0 Å². The Bertz CT molecular complexity index is 565. The van der Waals surface area contributed by atoms with Gasteiger partial charge in [0.15, 0.2) is 0 Å². The molecule has 1 saturated carbocycles. The van der Waals surface area contributed by atoms with E-state index in [1.807, 2.05) is 11.4 Å². The molecule has 1 aromatic rings. The fraction of sp³-hybridized carbons (Fsp3) is 0.562. The molecule has 1 aliphatic carbocycles. The summed E-state index contributed by atoms with van der Waals surface area (Å²) in [7, 11) is 0. The normalized spacial score (nSPS) is 19.1. The van der Waals surface area contributed by atoms with E-state index in [1.54, 1.807) is 12.1 Å². The van der Waals surface area contributed by atoms with Crippen LogP contribution in [0.5, 0.6) is 0 Å². The summed E-state index contributed by atoms with van der Waals surface area (Å²) in [6.45, 7) is 0.913. The number of carbonyl (C=O) groups excluding carboxylic acids is 1. The molecule has 3 nitrogen and oxygen atoms in total. The molecule has 0 atom stereocenters. The molecular formula is C16H19F3N2O. The second-order valence-corrected chi connectivity index (χ2v) is 6.03. The molecule has 22 heavy (non-hydrogen) atoms. The third-order valence-electron chi connectivity index (χ3n) is 4.55. The molecule has 0 saturated heterocycles. The number of fused-ring (bicyclic) bond motifs is 1. The fourth-order valence-electron chi connectivity index (χ4n) is 3.46. The van der Waals surface area contributed by atoms with Crippen LogP contribution in [-0.2, 0) is 11.2 Å². The van der Waals surface area contributed by atoms with Crippen LogP contribution in [-0.4, -0.2) is 24.7 Å². The van der Waals surface area contributed by atoms with Gasteiger partial charge in [0.1, 0.15) is 0 Å². The summed E-state index contributed by atoms with van der Waals surface area (Å²) in [6, 6.07) is 5.53. The third kappa shape index (κ3) is 3.05. The summed E-state index contributed by atoms with van der Waals surface area (Å²) in [5.74, 6) is -1.92. The van der Waals surface area contributed by atoms with Crippen LogP contribution in [0.15, 0.2) is 18.2 Å². The standard InChI is InChI=1S/C16H19F3N2O/c17-16(18,19)15(22)20-12-7-6-11-8-9-21(14(11)10-12)13-4-2-1-3-5-13/h6-7,10,13H,1-5,8-9H2,(H,20,22). The van der Waals surface area contributed by atoms with E-state index in [-0.39, 0.29) is 5.69 Å². The lowest BCUT2D eigenvalue weighted by molar-refractivity contribution is -0.167. The number of nitrogens with zero attached hydrogens (tertiary/aromatic N) is 1. The van der Waals surface area contributed by atoms with Gasteiger partial charge in [0.2, 0.25) is 0 Å². The smallest absolute Gasteiger partial charge is 0.368 e. The van der Waals surface area contributed by atoms with Gasteiger partial charge in [-0.3, -0.25) is 4.79 Å². The van der Waals surface area contributed by atoms with E-state index < -0.39 is 12.1 Å². The Morgan fingerprint density at radius 3 is 2.59 bits per heavy atom. The highest BCUT2D eigenvalue weighted by atomic mass is 19.4. The van der Waals surface area contributed by atoms with Crippen LogP contribution in [0.2, 0.25) is 0 Å². The van der Waals surface area contributed by atoms with Gasteiger partial charge in [0, 0.05) is 24.0 Å². The van der Waals surface area contributed by atoms with Crippen LogP contribution in [0.1, 0.15) is 37.7 Å². The quantitative estimate of drug-likeness (QED) is 0.899. The average molecular weight is 312 g/mol. The van der Waals surface area contributed by atoms with E-state index in [1.165, 1.54) is 19.3 Å². The number of hydrogen-bond acceptors (Lipinski definition) is 2. The van der Waals surface area contributed by atoms with Crippen molar-refractivity contribution in [1.29, 1.82) is 0 Å². The van der Waals surface area contributed by atoms with Crippen LogP contribution in [0.3, 0.4) is 0 Å². The van der Waals surface area contributed by atoms with Crippen molar-refractivity contribution in [2.75, 3.05) is 16.8 Å². The van der Waals surface area contributed by atoms with E-state index in [0.717, 1.165) is 37.1 Å². The Morgan fingerprint density at radius 1 is 1.18 bits per heavy atom. The van der Waals surface area contributed by atoms with Crippen LogP contribution >= 0.6 is 0 Å². The van der Waals surface area contributed by atoms with Crippen molar-refractivity contribution in [1.82, 2.24) is 0 Å². The number of rotatable bonds is 2. The van der Waals surface area contributed by atoms with Crippen molar-refractivity contribution < 1.29 is 18.0 Å². The number of hydrogen-bond donors (Lipinski definition) is 1. The first-order valence-corrected chi connectivity index (χ1v) is 7.73. The van der Waals surface area contributed by atoms with Crippen molar-refractivity contribution in [3.05, 3.63) is 23.8 Å². The van der Waals surface area contributed by atoms with Crippen LogP contribution in [0, 0.1) is 0 Å². The topological polar surface area (TPSA) is 32.3 Å². The molecule has 120 valence electrons. The molecule has 0 radical (unpaired) electrons. The van der Waals surface area contributed by atoms with Crippen molar-refractivity contribution in [3.8, 4) is 0 Å². The van der Waals surface area contributed by atoms with Gasteiger partial charge >= 0.3 is 12.1 Å². The number of amides is 1. The van der Waals surface area contributed by atoms with Gasteiger partial charge in [-0.05, 0) is 37.0 Å². The van der Waals surface area contributed by atoms with Gasteiger partial charge in [-0.1, -0.05) is 25.3 Å². The molecule has 0 unspecified atom stereocenters. The van der Waals surface area contributed by atoms with Crippen molar-refractivity contribution >= 4 is 17.3 Å². The highest BCUT2D eigenvalue weighted by Gasteiger charge is 2.39. The molecule has 1 aromatic carbocycles. The van der Waals surface area contributed by atoms with E-state index in [4.69, 9.17) is 0 Å². The molecule has 1 amide bonds. The molecule has 2 aliphatic rings. The molecule has 1 heterocycles. The monoisotopic (exact) mass is 312 g/mol. The summed E-state index contributed by atoms with van der Waals surface area (Å²) in [6.07, 6.45) is 2.01. The first-order chi connectivity index (χ1) is 10.4. The van der Waals surface area contributed by atoms with Crippen molar-refractivity contribution in [2.45, 2.75) is 50.7 Å². The van der Waals surface area contributed by atoms with E-state index >= 15 is 0 Å². The highest BCUT2D eigenvalue weighted by molar-refractivity contribution is 5.95. The fourth-order valence-corrected chi connectivity index (χ4v) is 3.46. The maximum Gasteiger partial charge on any atom is 0.471 e. The molecule has 6 heteroatoms. The Labute approximate surface area is 127 Å². The zero-order chi connectivity index (χ0) is 15.7. The molecule has 0 spiro atoms. The third-order valence-corrected chi connectivity index (χ3v) is 4.55. The number of anilines is 2. The van der Waals surface area contributed by atoms with Gasteiger partial charge in [-0.2, -0.15) is 13.2 Å². The second-order valence-electron chi connectivity index (χ2n) is 6.03. The van der Waals surface area contributed by atoms with E-state index in [2.05, 4.69) is 4.90 Å². The largest absolute Gasteiger partial charge is 0.471 e. The zero-order valence-corrected chi connectivity index (χ0v) is 12.2. The minimum Gasteiger partial charge on any atom is -0.368 e.